The molecule has 0 unspecified atom stereocenters. The summed E-state index contributed by atoms with van der Waals surface area (Å²) in [5.74, 6) is 3.36. The first-order valence-corrected chi connectivity index (χ1v) is 11.5. The number of nitrogens with zero attached hydrogens (tertiary/aromatic N) is 4. The molecular weight excluding hydrogens is 468 g/mol. The van der Waals surface area contributed by atoms with Crippen molar-refractivity contribution in [2.45, 2.75) is 31.3 Å². The van der Waals surface area contributed by atoms with Crippen molar-refractivity contribution in [3.05, 3.63) is 53.5 Å². The molecule has 10 nitrogen and oxygen atoms in total. The van der Waals surface area contributed by atoms with Crippen LogP contribution >= 0.6 is 11.9 Å². The van der Waals surface area contributed by atoms with Crippen molar-refractivity contribution in [2.24, 2.45) is 0 Å². The summed E-state index contributed by atoms with van der Waals surface area (Å²) in [6, 6.07) is 7.87. The predicted octanol–water partition coefficient (Wildman–Crippen LogP) is 3.42. The molecule has 0 aliphatic carbocycles. The van der Waals surface area contributed by atoms with E-state index in [-0.39, 0.29) is 0 Å². The van der Waals surface area contributed by atoms with Gasteiger partial charge in [-0.3, -0.25) is 9.48 Å². The normalized spacial score (nSPS) is 10.7. The molecule has 180 valence electrons. The predicted molar refractivity (Wildman–Crippen MR) is 132 cm³/mol. The molecule has 0 aliphatic rings. The van der Waals surface area contributed by atoms with Gasteiger partial charge in [0.1, 0.15) is 16.9 Å². The van der Waals surface area contributed by atoms with E-state index in [4.69, 9.17) is 20.4 Å². The zero-order valence-corrected chi connectivity index (χ0v) is 20.3. The minimum Gasteiger partial charge on any atom is -0.496 e. The molecule has 4 aromatic rings. The van der Waals surface area contributed by atoms with Gasteiger partial charge in [0.05, 0.1) is 37.6 Å². The number of aromatic nitrogens is 4. The number of methoxy groups -OCH3 is 2. The van der Waals surface area contributed by atoms with E-state index in [1.54, 1.807) is 31.3 Å². The summed E-state index contributed by atoms with van der Waals surface area (Å²) in [6.45, 7) is 2.76. The van der Waals surface area contributed by atoms with Crippen LogP contribution in [0.5, 0.6) is 11.5 Å². The topological polar surface area (TPSA) is 116 Å². The van der Waals surface area contributed by atoms with Gasteiger partial charge in [0.2, 0.25) is 0 Å². The molecule has 4 rings (SSSR count). The fourth-order valence-corrected chi connectivity index (χ4v) is 4.19. The van der Waals surface area contributed by atoms with E-state index in [9.17, 15) is 4.79 Å². The van der Waals surface area contributed by atoms with E-state index in [1.807, 2.05) is 24.1 Å². The number of amides is 1. The van der Waals surface area contributed by atoms with Crippen LogP contribution in [0.4, 0.5) is 5.82 Å². The molecule has 0 atom stereocenters. The van der Waals surface area contributed by atoms with Gasteiger partial charge in [-0.2, -0.15) is 5.10 Å². The molecule has 0 saturated heterocycles. The molecule has 1 amide bonds. The molecule has 3 aromatic heterocycles. The Kier molecular flexibility index (Phi) is 7.42. The lowest BCUT2D eigenvalue weighted by molar-refractivity contribution is -0.115. The quantitative estimate of drug-likeness (QED) is 0.254. The van der Waals surface area contributed by atoms with Gasteiger partial charge in [-0.15, -0.1) is 6.42 Å². The Morgan fingerprint density at radius 2 is 2.06 bits per heavy atom. The number of anilines is 1. The van der Waals surface area contributed by atoms with Crippen LogP contribution < -0.4 is 19.5 Å². The molecule has 0 radical (unpaired) electrons. The minimum absolute atomic E-state index is 0.291. The monoisotopic (exact) mass is 492 g/mol. The van der Waals surface area contributed by atoms with Crippen molar-refractivity contribution < 1.29 is 18.8 Å². The molecule has 35 heavy (non-hydrogen) atoms. The van der Waals surface area contributed by atoms with Gasteiger partial charge in [0.25, 0.3) is 11.6 Å². The SMILES string of the molecule is C#CC(=O)NCc1cnn(Cc2cc(OC)c3c(NSc4cc(CC)ccc4OC)noc3n2)c1. The van der Waals surface area contributed by atoms with E-state index < -0.39 is 5.91 Å². The van der Waals surface area contributed by atoms with E-state index in [0.717, 1.165) is 22.6 Å². The maximum absolute atomic E-state index is 11.2. The number of hydrogen-bond donors (Lipinski definition) is 2. The second-order valence-electron chi connectivity index (χ2n) is 7.44. The number of pyridine rings is 1. The van der Waals surface area contributed by atoms with E-state index >= 15 is 0 Å². The van der Waals surface area contributed by atoms with Gasteiger partial charge < -0.3 is 24.0 Å². The maximum atomic E-state index is 11.2. The molecule has 1 aromatic carbocycles. The van der Waals surface area contributed by atoms with Gasteiger partial charge in [0.15, 0.2) is 5.82 Å². The minimum atomic E-state index is -0.473. The second kappa shape index (κ2) is 10.8. The van der Waals surface area contributed by atoms with Crippen molar-refractivity contribution in [2.75, 3.05) is 18.9 Å². The lowest BCUT2D eigenvalue weighted by Gasteiger charge is -2.10. The number of carbonyl (C=O) groups is 1. The maximum Gasteiger partial charge on any atom is 0.295 e. The summed E-state index contributed by atoms with van der Waals surface area (Å²) in [7, 11) is 3.22. The number of hydrogen-bond acceptors (Lipinski definition) is 9. The van der Waals surface area contributed by atoms with Crippen LogP contribution in [0, 0.1) is 12.3 Å². The highest BCUT2D eigenvalue weighted by atomic mass is 32.2. The van der Waals surface area contributed by atoms with E-state index in [0.29, 0.717) is 41.5 Å². The third-order valence-corrected chi connectivity index (χ3v) is 6.01. The van der Waals surface area contributed by atoms with Gasteiger partial charge in [-0.05, 0) is 42.0 Å². The summed E-state index contributed by atoms with van der Waals surface area (Å²) in [4.78, 5) is 16.7. The third kappa shape index (κ3) is 5.50. The summed E-state index contributed by atoms with van der Waals surface area (Å²) in [5, 5.41) is 11.7. The Balaban J connectivity index is 1.52. The number of carbonyl (C=O) groups excluding carboxylic acids is 1. The van der Waals surface area contributed by atoms with E-state index in [1.165, 1.54) is 17.5 Å². The van der Waals surface area contributed by atoms with Crippen molar-refractivity contribution in [1.29, 1.82) is 0 Å². The average molecular weight is 493 g/mol. The zero-order chi connectivity index (χ0) is 24.8. The van der Waals surface area contributed by atoms with Crippen molar-refractivity contribution in [3.8, 4) is 23.8 Å². The average Bonchev–Trinajstić information content (AvgIpc) is 3.51. The van der Waals surface area contributed by atoms with Crippen LogP contribution in [0.3, 0.4) is 0 Å². The first-order chi connectivity index (χ1) is 17.0. The standard InChI is InChI=1S/C24H24N6O4S/c1-5-15-7-8-18(32-3)20(9-15)35-29-23-22-19(33-4)10-17(27-24(22)34-28-23)14-30-13-16(12-26-30)11-25-21(31)6-2/h2,7-10,12-13H,5,11,14H2,1,3-4H3,(H,25,31)(H,28,29). The lowest BCUT2D eigenvalue weighted by atomic mass is 10.2. The molecule has 0 aliphatic heterocycles. The summed E-state index contributed by atoms with van der Waals surface area (Å²) in [5.41, 5.74) is 3.02. The number of ether oxygens (including phenoxy) is 2. The molecule has 2 N–H and O–H groups in total. The Morgan fingerprint density at radius 1 is 1.23 bits per heavy atom. The summed E-state index contributed by atoms with van der Waals surface area (Å²) < 4.78 is 21.5. The molecule has 0 saturated carbocycles. The third-order valence-electron chi connectivity index (χ3n) is 5.17. The number of aryl methyl sites for hydroxylation is 1. The lowest BCUT2D eigenvalue weighted by Crippen LogP contribution is -2.20. The van der Waals surface area contributed by atoms with Crippen LogP contribution in [0.2, 0.25) is 0 Å². The smallest absolute Gasteiger partial charge is 0.295 e. The molecular formula is C24H24N6O4S. The number of nitrogens with one attached hydrogen (secondary N) is 2. The highest BCUT2D eigenvalue weighted by Gasteiger charge is 2.18. The highest BCUT2D eigenvalue weighted by molar-refractivity contribution is 8.00. The first kappa shape index (κ1) is 24.0. The Labute approximate surface area is 206 Å². The van der Waals surface area contributed by atoms with Gasteiger partial charge in [-0.1, -0.05) is 18.1 Å². The number of terminal acetylenes is 1. The van der Waals surface area contributed by atoms with Crippen LogP contribution in [0.15, 0.2) is 46.1 Å². The Bertz CT molecular complexity index is 1390. The number of rotatable bonds is 10. The first-order valence-electron chi connectivity index (χ1n) is 10.7. The molecule has 0 fully saturated rings. The van der Waals surface area contributed by atoms with Crippen molar-refractivity contribution >= 4 is 34.8 Å². The number of benzene rings is 1. The number of fused-ring (bicyclic) bond motifs is 1. The summed E-state index contributed by atoms with van der Waals surface area (Å²) in [6.07, 6.45) is 9.44. The fourth-order valence-electron chi connectivity index (χ4n) is 3.39. The van der Waals surface area contributed by atoms with Gasteiger partial charge in [-0.25, -0.2) is 4.98 Å². The molecule has 3 heterocycles. The van der Waals surface area contributed by atoms with Crippen molar-refractivity contribution in [3.63, 3.8) is 0 Å². The Morgan fingerprint density at radius 3 is 2.80 bits per heavy atom. The van der Waals surface area contributed by atoms with Crippen LogP contribution in [-0.2, 0) is 24.3 Å². The van der Waals surface area contributed by atoms with Crippen LogP contribution in [0.1, 0.15) is 23.7 Å². The Hall–Kier alpha value is -4.17. The molecule has 0 bridgehead atoms. The van der Waals surface area contributed by atoms with Crippen molar-refractivity contribution in [1.82, 2.24) is 25.2 Å². The fraction of sp³-hybridized carbons (Fsp3) is 0.250. The largest absolute Gasteiger partial charge is 0.496 e. The second-order valence-corrected chi connectivity index (χ2v) is 8.29. The van der Waals surface area contributed by atoms with E-state index in [2.05, 4.69) is 38.3 Å². The van der Waals surface area contributed by atoms with Crippen LogP contribution in [-0.4, -0.2) is 40.0 Å². The van der Waals surface area contributed by atoms with Gasteiger partial charge in [0, 0.05) is 24.4 Å². The van der Waals surface area contributed by atoms with Crippen LogP contribution in [0.25, 0.3) is 11.1 Å². The zero-order valence-electron chi connectivity index (χ0n) is 19.5. The highest BCUT2D eigenvalue weighted by Crippen LogP contribution is 2.36. The van der Waals surface area contributed by atoms with Gasteiger partial charge >= 0.3 is 0 Å². The molecule has 11 heteroatoms. The molecule has 0 spiro atoms. The summed E-state index contributed by atoms with van der Waals surface area (Å²) >= 11 is 1.37.